The van der Waals surface area contributed by atoms with Gasteiger partial charge in [0.05, 0.1) is 19.6 Å². The molecule has 0 saturated carbocycles. The van der Waals surface area contributed by atoms with Crippen LogP contribution in [0.3, 0.4) is 0 Å². The van der Waals surface area contributed by atoms with Gasteiger partial charge in [0.2, 0.25) is 5.91 Å². The molecule has 0 bridgehead atoms. The number of carbonyl (C=O) groups excluding carboxylic acids is 1. The third-order valence-corrected chi connectivity index (χ3v) is 4.29. The molecule has 0 aliphatic rings. The highest BCUT2D eigenvalue weighted by Crippen LogP contribution is 2.20. The Morgan fingerprint density at radius 3 is 2.81 bits per heavy atom. The van der Waals surface area contributed by atoms with Crippen LogP contribution in [-0.2, 0) is 11.3 Å². The van der Waals surface area contributed by atoms with E-state index < -0.39 is 0 Å². The molecule has 0 aliphatic carbocycles. The first-order valence-corrected chi connectivity index (χ1v) is 7.67. The zero-order valence-corrected chi connectivity index (χ0v) is 13.1. The maximum Gasteiger partial charge on any atom is 0.223 e. The van der Waals surface area contributed by atoms with Crippen molar-refractivity contribution in [2.45, 2.75) is 26.8 Å². The molecular formula is C16H20N2O2S. The van der Waals surface area contributed by atoms with Crippen molar-refractivity contribution in [1.29, 1.82) is 0 Å². The summed E-state index contributed by atoms with van der Waals surface area (Å²) < 4.78 is 5.49. The van der Waals surface area contributed by atoms with Crippen molar-refractivity contribution in [1.82, 2.24) is 5.32 Å². The Hall–Kier alpha value is -2.01. The van der Waals surface area contributed by atoms with E-state index in [1.54, 1.807) is 23.5 Å². The predicted molar refractivity (Wildman–Crippen MR) is 86.6 cm³/mol. The van der Waals surface area contributed by atoms with Crippen LogP contribution in [0, 0.1) is 13.8 Å². The minimum absolute atomic E-state index is 0.0115. The zero-order valence-electron chi connectivity index (χ0n) is 12.3. The molecule has 0 saturated heterocycles. The second-order valence-corrected chi connectivity index (χ2v) is 6.24. The van der Waals surface area contributed by atoms with E-state index in [-0.39, 0.29) is 5.91 Å². The summed E-state index contributed by atoms with van der Waals surface area (Å²) in [7, 11) is 0. The molecular weight excluding hydrogens is 284 g/mol. The Balaban J connectivity index is 1.70. The zero-order chi connectivity index (χ0) is 15.2. The topological polar surface area (TPSA) is 64.3 Å². The summed E-state index contributed by atoms with van der Waals surface area (Å²) in [6.45, 7) is 5.09. The number of carbonyl (C=O) groups is 1. The molecule has 1 amide bonds. The summed E-state index contributed by atoms with van der Waals surface area (Å²) in [5, 5.41) is 2.90. The van der Waals surface area contributed by atoms with Gasteiger partial charge in [-0.1, -0.05) is 6.07 Å². The highest BCUT2D eigenvalue weighted by molar-refractivity contribution is 7.12. The molecule has 0 radical (unpaired) electrons. The van der Waals surface area contributed by atoms with Gasteiger partial charge in [-0.2, -0.15) is 0 Å². The summed E-state index contributed by atoms with van der Waals surface area (Å²) in [5.41, 5.74) is 7.58. The van der Waals surface area contributed by atoms with Crippen molar-refractivity contribution in [2.75, 3.05) is 12.3 Å². The molecule has 0 spiro atoms. The number of anilines is 1. The highest BCUT2D eigenvalue weighted by atomic mass is 32.1. The number of amides is 1. The molecule has 1 aromatic carbocycles. The number of benzene rings is 1. The molecule has 3 N–H and O–H groups in total. The maximum atomic E-state index is 11.8. The lowest BCUT2D eigenvalue weighted by Crippen LogP contribution is -2.24. The molecule has 0 unspecified atom stereocenters. The van der Waals surface area contributed by atoms with E-state index in [0.29, 0.717) is 31.0 Å². The van der Waals surface area contributed by atoms with E-state index >= 15 is 0 Å². The standard InChI is InChI=1S/C16H20N2O2S/c1-11-8-15(21-12(11)2)10-18-16(19)6-7-20-14-5-3-4-13(17)9-14/h3-5,8-9H,6-7,10,17H2,1-2H3,(H,18,19). The fraction of sp³-hybridized carbons (Fsp3) is 0.312. The number of nitrogens with one attached hydrogen (secondary N) is 1. The quantitative estimate of drug-likeness (QED) is 0.806. The highest BCUT2D eigenvalue weighted by Gasteiger charge is 2.05. The molecule has 0 fully saturated rings. The SMILES string of the molecule is Cc1cc(CNC(=O)CCOc2cccc(N)c2)sc1C. The molecule has 21 heavy (non-hydrogen) atoms. The van der Waals surface area contributed by atoms with E-state index in [1.807, 2.05) is 12.1 Å². The lowest BCUT2D eigenvalue weighted by atomic mass is 10.3. The monoisotopic (exact) mass is 304 g/mol. The van der Waals surface area contributed by atoms with Gasteiger partial charge in [-0.3, -0.25) is 4.79 Å². The average Bonchev–Trinajstić information content (AvgIpc) is 2.76. The summed E-state index contributed by atoms with van der Waals surface area (Å²) in [4.78, 5) is 14.2. The van der Waals surface area contributed by atoms with Gasteiger partial charge in [0.15, 0.2) is 0 Å². The minimum atomic E-state index is -0.0115. The lowest BCUT2D eigenvalue weighted by molar-refractivity contribution is -0.121. The van der Waals surface area contributed by atoms with Crippen molar-refractivity contribution in [3.05, 3.63) is 45.6 Å². The second kappa shape index (κ2) is 7.13. The van der Waals surface area contributed by atoms with Crippen LogP contribution in [-0.4, -0.2) is 12.5 Å². The molecule has 0 aliphatic heterocycles. The van der Waals surface area contributed by atoms with Crippen molar-refractivity contribution in [3.8, 4) is 5.75 Å². The van der Waals surface area contributed by atoms with Gasteiger partial charge in [0, 0.05) is 21.5 Å². The van der Waals surface area contributed by atoms with E-state index in [2.05, 4.69) is 25.2 Å². The molecule has 112 valence electrons. The Morgan fingerprint density at radius 2 is 2.14 bits per heavy atom. The van der Waals surface area contributed by atoms with Crippen LogP contribution in [0.2, 0.25) is 0 Å². The molecule has 2 aromatic rings. The molecule has 4 nitrogen and oxygen atoms in total. The number of rotatable bonds is 6. The van der Waals surface area contributed by atoms with Gasteiger partial charge < -0.3 is 15.8 Å². The first kappa shape index (κ1) is 15.4. The van der Waals surface area contributed by atoms with Crippen LogP contribution in [0.25, 0.3) is 0 Å². The Bertz CT molecular complexity index is 603. The van der Waals surface area contributed by atoms with Crippen molar-refractivity contribution in [3.63, 3.8) is 0 Å². The van der Waals surface area contributed by atoms with Crippen LogP contribution in [0.4, 0.5) is 5.69 Å². The number of ether oxygens (including phenoxy) is 1. The largest absolute Gasteiger partial charge is 0.493 e. The fourth-order valence-electron chi connectivity index (χ4n) is 1.88. The number of hydrogen-bond donors (Lipinski definition) is 2. The van der Waals surface area contributed by atoms with Crippen molar-refractivity contribution < 1.29 is 9.53 Å². The number of hydrogen-bond acceptors (Lipinski definition) is 4. The van der Waals surface area contributed by atoms with Gasteiger partial charge in [-0.25, -0.2) is 0 Å². The third-order valence-electron chi connectivity index (χ3n) is 3.13. The predicted octanol–water partition coefficient (Wildman–Crippen LogP) is 3.03. The normalized spacial score (nSPS) is 10.4. The smallest absolute Gasteiger partial charge is 0.223 e. The van der Waals surface area contributed by atoms with Crippen LogP contribution in [0.5, 0.6) is 5.75 Å². The van der Waals surface area contributed by atoms with E-state index in [0.717, 1.165) is 0 Å². The van der Waals surface area contributed by atoms with Gasteiger partial charge in [-0.15, -0.1) is 11.3 Å². The van der Waals surface area contributed by atoms with Crippen LogP contribution in [0.1, 0.15) is 21.7 Å². The van der Waals surface area contributed by atoms with Crippen molar-refractivity contribution >= 4 is 22.9 Å². The van der Waals surface area contributed by atoms with Crippen molar-refractivity contribution in [2.24, 2.45) is 0 Å². The first-order valence-electron chi connectivity index (χ1n) is 6.85. The van der Waals surface area contributed by atoms with Crippen LogP contribution < -0.4 is 15.8 Å². The molecule has 0 atom stereocenters. The van der Waals surface area contributed by atoms with Gasteiger partial charge >= 0.3 is 0 Å². The second-order valence-electron chi connectivity index (χ2n) is 4.90. The van der Waals surface area contributed by atoms with Gasteiger partial charge in [0.1, 0.15) is 5.75 Å². The molecule has 1 heterocycles. The van der Waals surface area contributed by atoms with E-state index in [9.17, 15) is 4.79 Å². The summed E-state index contributed by atoms with van der Waals surface area (Å²) >= 11 is 1.72. The average molecular weight is 304 g/mol. The molecule has 5 heteroatoms. The third kappa shape index (κ3) is 4.79. The van der Waals surface area contributed by atoms with E-state index in [4.69, 9.17) is 10.5 Å². The number of thiophene rings is 1. The number of nitrogens with two attached hydrogens (primary N) is 1. The minimum Gasteiger partial charge on any atom is -0.493 e. The first-order chi connectivity index (χ1) is 10.0. The van der Waals surface area contributed by atoms with Crippen LogP contribution in [0.15, 0.2) is 30.3 Å². The summed E-state index contributed by atoms with van der Waals surface area (Å²) in [5.74, 6) is 0.676. The number of nitrogen functional groups attached to an aromatic ring is 1. The Kier molecular flexibility index (Phi) is 5.22. The molecule has 2 rings (SSSR count). The summed E-state index contributed by atoms with van der Waals surface area (Å²) in [6.07, 6.45) is 0.331. The Labute approximate surface area is 128 Å². The van der Waals surface area contributed by atoms with Crippen LogP contribution >= 0.6 is 11.3 Å². The lowest BCUT2D eigenvalue weighted by Gasteiger charge is -2.07. The number of aryl methyl sites for hydroxylation is 2. The Morgan fingerprint density at radius 1 is 1.33 bits per heavy atom. The van der Waals surface area contributed by atoms with Gasteiger partial charge in [0.25, 0.3) is 0 Å². The molecule has 1 aromatic heterocycles. The van der Waals surface area contributed by atoms with Gasteiger partial charge in [-0.05, 0) is 37.6 Å². The summed E-state index contributed by atoms with van der Waals surface area (Å²) in [6, 6.07) is 9.31. The fourth-order valence-corrected chi connectivity index (χ4v) is 2.87. The maximum absolute atomic E-state index is 11.8. The van der Waals surface area contributed by atoms with E-state index in [1.165, 1.54) is 15.3 Å².